The molecule has 1 aliphatic carbocycles. The van der Waals surface area contributed by atoms with Gasteiger partial charge < -0.3 is 10.6 Å². The number of hydrogen-bond donors (Lipinski definition) is 2. The second kappa shape index (κ2) is 6.54. The van der Waals surface area contributed by atoms with Gasteiger partial charge >= 0.3 is 0 Å². The molecule has 4 nitrogen and oxygen atoms in total. The van der Waals surface area contributed by atoms with Crippen molar-refractivity contribution in [2.24, 2.45) is 0 Å². The van der Waals surface area contributed by atoms with Gasteiger partial charge in [-0.3, -0.25) is 9.69 Å². The molecule has 2 N–H and O–H groups in total. The number of benzene rings is 1. The summed E-state index contributed by atoms with van der Waals surface area (Å²) in [5.74, 6) is -0.396. The number of carbonyl (C=O) groups is 1. The summed E-state index contributed by atoms with van der Waals surface area (Å²) in [6, 6.07) is 7.08. The fourth-order valence-corrected chi connectivity index (χ4v) is 2.93. The van der Waals surface area contributed by atoms with Gasteiger partial charge in [-0.05, 0) is 50.4 Å². The van der Waals surface area contributed by atoms with Gasteiger partial charge in [-0.1, -0.05) is 6.07 Å². The van der Waals surface area contributed by atoms with Gasteiger partial charge in [-0.25, -0.2) is 4.39 Å². The van der Waals surface area contributed by atoms with Crippen molar-refractivity contribution in [3.8, 4) is 0 Å². The molecular formula is C16H22FN3O. The molecule has 114 valence electrons. The average molecular weight is 291 g/mol. The van der Waals surface area contributed by atoms with Crippen LogP contribution in [0.4, 0.5) is 10.1 Å². The third-order valence-electron chi connectivity index (χ3n) is 4.14. The predicted octanol–water partition coefficient (Wildman–Crippen LogP) is 1.98. The average Bonchev–Trinajstić information content (AvgIpc) is 3.17. The summed E-state index contributed by atoms with van der Waals surface area (Å²) in [7, 11) is 0. The highest BCUT2D eigenvalue weighted by atomic mass is 19.1. The minimum atomic E-state index is -0.331. The van der Waals surface area contributed by atoms with Crippen LogP contribution in [0.2, 0.25) is 0 Å². The van der Waals surface area contributed by atoms with Crippen LogP contribution in [0.15, 0.2) is 24.3 Å². The first-order valence-corrected chi connectivity index (χ1v) is 7.73. The van der Waals surface area contributed by atoms with Gasteiger partial charge in [0.25, 0.3) is 0 Å². The van der Waals surface area contributed by atoms with Crippen LogP contribution in [0.3, 0.4) is 0 Å². The Bertz CT molecular complexity index is 498. The van der Waals surface area contributed by atoms with Crippen LogP contribution in [0.1, 0.15) is 25.7 Å². The van der Waals surface area contributed by atoms with E-state index in [0.717, 1.165) is 13.1 Å². The van der Waals surface area contributed by atoms with E-state index < -0.39 is 0 Å². The van der Waals surface area contributed by atoms with Crippen molar-refractivity contribution >= 4 is 11.6 Å². The third-order valence-corrected chi connectivity index (χ3v) is 4.14. The number of nitrogens with one attached hydrogen (secondary N) is 2. The molecule has 0 radical (unpaired) electrons. The number of halogens is 1. The monoisotopic (exact) mass is 291 g/mol. The fraction of sp³-hybridized carbons (Fsp3) is 0.562. The van der Waals surface area contributed by atoms with Crippen LogP contribution in [0.5, 0.6) is 0 Å². The molecule has 0 aromatic heterocycles. The second-order valence-electron chi connectivity index (χ2n) is 6.01. The van der Waals surface area contributed by atoms with E-state index in [4.69, 9.17) is 0 Å². The van der Waals surface area contributed by atoms with Crippen molar-refractivity contribution in [1.29, 1.82) is 0 Å². The predicted molar refractivity (Wildman–Crippen MR) is 80.6 cm³/mol. The molecule has 1 saturated carbocycles. The maximum absolute atomic E-state index is 13.1. The SMILES string of the molecule is O=C(CN(CC1CCCN1)C1CC1)Nc1cccc(F)c1. The summed E-state index contributed by atoms with van der Waals surface area (Å²) in [4.78, 5) is 14.4. The van der Waals surface area contributed by atoms with Crippen LogP contribution in [0, 0.1) is 5.82 Å². The van der Waals surface area contributed by atoms with Gasteiger partial charge in [-0.15, -0.1) is 0 Å². The smallest absolute Gasteiger partial charge is 0.238 e. The first-order valence-electron chi connectivity index (χ1n) is 7.73. The summed E-state index contributed by atoms with van der Waals surface area (Å²) in [6.07, 6.45) is 4.77. The van der Waals surface area contributed by atoms with Crippen molar-refractivity contribution in [2.45, 2.75) is 37.8 Å². The molecule has 1 atom stereocenters. The zero-order chi connectivity index (χ0) is 14.7. The zero-order valence-corrected chi connectivity index (χ0v) is 12.1. The Balaban J connectivity index is 1.53. The molecule has 1 aromatic carbocycles. The lowest BCUT2D eigenvalue weighted by atomic mass is 10.2. The van der Waals surface area contributed by atoms with Gasteiger partial charge in [0.15, 0.2) is 0 Å². The number of anilines is 1. The molecule has 1 amide bonds. The zero-order valence-electron chi connectivity index (χ0n) is 12.1. The van der Waals surface area contributed by atoms with Crippen molar-refractivity contribution in [1.82, 2.24) is 10.2 Å². The molecule has 0 bridgehead atoms. The molecule has 1 aliphatic heterocycles. The lowest BCUT2D eigenvalue weighted by Crippen LogP contribution is -2.42. The summed E-state index contributed by atoms with van der Waals surface area (Å²) in [6.45, 7) is 2.40. The number of hydrogen-bond acceptors (Lipinski definition) is 3. The lowest BCUT2D eigenvalue weighted by molar-refractivity contribution is -0.117. The summed E-state index contributed by atoms with van der Waals surface area (Å²) >= 11 is 0. The second-order valence-corrected chi connectivity index (χ2v) is 6.01. The van der Waals surface area contributed by atoms with Gasteiger partial charge in [0.2, 0.25) is 5.91 Å². The highest BCUT2D eigenvalue weighted by Crippen LogP contribution is 2.27. The van der Waals surface area contributed by atoms with Crippen LogP contribution in [0.25, 0.3) is 0 Å². The molecule has 1 aromatic rings. The fourth-order valence-electron chi connectivity index (χ4n) is 2.93. The number of carbonyl (C=O) groups excluding carboxylic acids is 1. The summed E-state index contributed by atoms with van der Waals surface area (Å²) in [5, 5.41) is 6.26. The third kappa shape index (κ3) is 4.25. The standard InChI is InChI=1S/C16H22FN3O/c17-12-3-1-4-13(9-12)19-16(21)11-20(15-6-7-15)10-14-5-2-8-18-14/h1,3-4,9,14-15,18H,2,5-8,10-11H2,(H,19,21). The van der Waals surface area contributed by atoms with E-state index >= 15 is 0 Å². The topological polar surface area (TPSA) is 44.4 Å². The highest BCUT2D eigenvalue weighted by Gasteiger charge is 2.32. The van der Waals surface area contributed by atoms with Crippen molar-refractivity contribution in [3.63, 3.8) is 0 Å². The van der Waals surface area contributed by atoms with Gasteiger partial charge in [-0.2, -0.15) is 0 Å². The Hall–Kier alpha value is -1.46. The van der Waals surface area contributed by atoms with Crippen molar-refractivity contribution < 1.29 is 9.18 Å². The molecule has 2 aliphatic rings. The van der Waals surface area contributed by atoms with E-state index in [2.05, 4.69) is 15.5 Å². The van der Waals surface area contributed by atoms with Crippen LogP contribution < -0.4 is 10.6 Å². The lowest BCUT2D eigenvalue weighted by Gasteiger charge is -2.24. The first-order chi connectivity index (χ1) is 10.2. The molecule has 1 heterocycles. The maximum Gasteiger partial charge on any atom is 0.238 e. The van der Waals surface area contributed by atoms with Crippen LogP contribution in [-0.4, -0.2) is 42.5 Å². The van der Waals surface area contributed by atoms with E-state index in [9.17, 15) is 9.18 Å². The summed E-state index contributed by atoms with van der Waals surface area (Å²) < 4.78 is 13.1. The van der Waals surface area contributed by atoms with Gasteiger partial charge in [0.05, 0.1) is 6.54 Å². The molecule has 0 spiro atoms. The Morgan fingerprint density at radius 3 is 2.90 bits per heavy atom. The van der Waals surface area contributed by atoms with E-state index in [0.29, 0.717) is 24.3 Å². The Labute approximate surface area is 124 Å². The summed E-state index contributed by atoms with van der Waals surface area (Å²) in [5.41, 5.74) is 0.523. The van der Waals surface area contributed by atoms with Gasteiger partial charge in [0.1, 0.15) is 5.82 Å². The van der Waals surface area contributed by atoms with Crippen LogP contribution in [-0.2, 0) is 4.79 Å². The number of rotatable bonds is 6. The Morgan fingerprint density at radius 1 is 1.38 bits per heavy atom. The highest BCUT2D eigenvalue weighted by molar-refractivity contribution is 5.92. The normalized spacial score (nSPS) is 21.7. The van der Waals surface area contributed by atoms with Gasteiger partial charge in [0, 0.05) is 24.3 Å². The van der Waals surface area contributed by atoms with Crippen molar-refractivity contribution in [3.05, 3.63) is 30.1 Å². The Kier molecular flexibility index (Phi) is 4.51. The molecule has 1 unspecified atom stereocenters. The molecule has 3 rings (SSSR count). The van der Waals surface area contributed by atoms with E-state index in [1.807, 2.05) is 0 Å². The van der Waals surface area contributed by atoms with Crippen molar-refractivity contribution in [2.75, 3.05) is 25.0 Å². The molecule has 21 heavy (non-hydrogen) atoms. The quantitative estimate of drug-likeness (QED) is 0.842. The largest absolute Gasteiger partial charge is 0.325 e. The van der Waals surface area contributed by atoms with Crippen LogP contribution >= 0.6 is 0 Å². The van der Waals surface area contributed by atoms with E-state index in [1.165, 1.54) is 37.8 Å². The maximum atomic E-state index is 13.1. The van der Waals surface area contributed by atoms with E-state index in [1.54, 1.807) is 12.1 Å². The molecule has 2 fully saturated rings. The Morgan fingerprint density at radius 2 is 2.24 bits per heavy atom. The number of amides is 1. The number of nitrogens with zero attached hydrogens (tertiary/aromatic N) is 1. The molecule has 5 heteroatoms. The molecule has 1 saturated heterocycles. The minimum Gasteiger partial charge on any atom is -0.325 e. The first kappa shape index (κ1) is 14.5. The minimum absolute atomic E-state index is 0.0644. The van der Waals surface area contributed by atoms with E-state index in [-0.39, 0.29) is 11.7 Å². The molecular weight excluding hydrogens is 269 g/mol.